The Kier molecular flexibility index (Phi) is 5.05. The summed E-state index contributed by atoms with van der Waals surface area (Å²) in [4.78, 5) is 0.177. The zero-order valence-corrected chi connectivity index (χ0v) is 13.3. The Morgan fingerprint density at radius 3 is 2.74 bits per heavy atom. The molecular formula is C12H19BrN2O3S. The fraction of sp³-hybridized carbons (Fsp3) is 0.667. The summed E-state index contributed by atoms with van der Waals surface area (Å²) in [5, 5.41) is 2.92. The van der Waals surface area contributed by atoms with E-state index in [1.54, 1.807) is 13.1 Å². The maximum atomic E-state index is 12.2. The Morgan fingerprint density at radius 1 is 1.42 bits per heavy atom. The molecule has 0 saturated heterocycles. The molecule has 0 spiro atoms. The van der Waals surface area contributed by atoms with Crippen molar-refractivity contribution < 1.29 is 12.8 Å². The molecule has 1 fully saturated rings. The van der Waals surface area contributed by atoms with Gasteiger partial charge in [-0.05, 0) is 41.7 Å². The fourth-order valence-corrected chi connectivity index (χ4v) is 4.47. The summed E-state index contributed by atoms with van der Waals surface area (Å²) in [5.74, 6) is 1.06. The third-order valence-corrected chi connectivity index (χ3v) is 5.66. The lowest BCUT2D eigenvalue weighted by atomic mass is 10.1. The van der Waals surface area contributed by atoms with Crippen molar-refractivity contribution >= 4 is 26.0 Å². The van der Waals surface area contributed by atoms with Gasteiger partial charge in [-0.15, -0.1) is 0 Å². The first-order valence-electron chi connectivity index (χ1n) is 6.45. The third-order valence-electron chi connectivity index (χ3n) is 3.38. The molecule has 108 valence electrons. The van der Waals surface area contributed by atoms with Crippen molar-refractivity contribution in [1.82, 2.24) is 10.0 Å². The van der Waals surface area contributed by atoms with Gasteiger partial charge in [0.1, 0.15) is 10.7 Å². The van der Waals surface area contributed by atoms with Crippen LogP contribution in [0.25, 0.3) is 0 Å². The van der Waals surface area contributed by atoms with Crippen molar-refractivity contribution in [2.24, 2.45) is 5.92 Å². The summed E-state index contributed by atoms with van der Waals surface area (Å²) >= 11 is 3.16. The molecule has 7 heteroatoms. The minimum absolute atomic E-state index is 0.177. The lowest BCUT2D eigenvalue weighted by molar-refractivity contribution is 0.469. The van der Waals surface area contributed by atoms with Gasteiger partial charge in [0, 0.05) is 12.6 Å². The highest BCUT2D eigenvalue weighted by atomic mass is 79.9. The highest BCUT2D eigenvalue weighted by Crippen LogP contribution is 2.27. The average molecular weight is 351 g/mol. The predicted molar refractivity (Wildman–Crippen MR) is 76.3 cm³/mol. The van der Waals surface area contributed by atoms with E-state index in [0.717, 1.165) is 12.8 Å². The van der Waals surface area contributed by atoms with Crippen molar-refractivity contribution in [3.63, 3.8) is 0 Å². The molecule has 0 bridgehead atoms. The summed E-state index contributed by atoms with van der Waals surface area (Å²) in [6.07, 6.45) is 4.63. The van der Waals surface area contributed by atoms with E-state index in [1.165, 1.54) is 12.8 Å². The van der Waals surface area contributed by atoms with Gasteiger partial charge < -0.3 is 9.73 Å². The second kappa shape index (κ2) is 6.39. The Morgan fingerprint density at radius 2 is 2.11 bits per heavy atom. The quantitative estimate of drug-likeness (QED) is 0.825. The van der Waals surface area contributed by atoms with Gasteiger partial charge in [-0.3, -0.25) is 0 Å². The van der Waals surface area contributed by atoms with Crippen LogP contribution >= 0.6 is 15.9 Å². The van der Waals surface area contributed by atoms with Crippen LogP contribution in [-0.2, 0) is 16.6 Å². The van der Waals surface area contributed by atoms with Gasteiger partial charge in [0.25, 0.3) is 0 Å². The maximum Gasteiger partial charge on any atom is 0.244 e. The number of halogens is 1. The molecule has 0 aromatic carbocycles. The Bertz CT molecular complexity index is 521. The minimum atomic E-state index is -3.49. The average Bonchev–Trinajstić information content (AvgIpc) is 2.97. The molecule has 0 aliphatic heterocycles. The van der Waals surface area contributed by atoms with E-state index in [0.29, 0.717) is 24.8 Å². The summed E-state index contributed by atoms with van der Waals surface area (Å²) in [6, 6.07) is 1.55. The molecule has 0 radical (unpaired) electrons. The van der Waals surface area contributed by atoms with Crippen LogP contribution in [0.5, 0.6) is 0 Å². The molecule has 2 N–H and O–H groups in total. The molecule has 0 unspecified atom stereocenters. The minimum Gasteiger partial charge on any atom is -0.452 e. The van der Waals surface area contributed by atoms with E-state index in [2.05, 4.69) is 26.0 Å². The fourth-order valence-electron chi connectivity index (χ4n) is 2.36. The standard InChI is InChI=1S/C12H19BrN2O3S/c1-14-8-10-6-11(12(13)18-10)19(16,17)15-7-9-4-2-3-5-9/h6,9,14-15H,2-5,7-8H2,1H3. The number of furan rings is 1. The lowest BCUT2D eigenvalue weighted by Gasteiger charge is -2.10. The van der Waals surface area contributed by atoms with Crippen LogP contribution in [-0.4, -0.2) is 22.0 Å². The van der Waals surface area contributed by atoms with Crippen LogP contribution in [0, 0.1) is 5.92 Å². The molecular weight excluding hydrogens is 332 g/mol. The second-order valence-corrected chi connectivity index (χ2v) is 7.34. The van der Waals surface area contributed by atoms with Crippen molar-refractivity contribution in [1.29, 1.82) is 0 Å². The van der Waals surface area contributed by atoms with Crippen LogP contribution < -0.4 is 10.0 Å². The molecule has 1 saturated carbocycles. The van der Waals surface area contributed by atoms with E-state index < -0.39 is 10.0 Å². The highest BCUT2D eigenvalue weighted by Gasteiger charge is 2.24. The summed E-state index contributed by atoms with van der Waals surface area (Å²) in [6.45, 7) is 1.01. The molecule has 1 aliphatic carbocycles. The SMILES string of the molecule is CNCc1cc(S(=O)(=O)NCC2CCCC2)c(Br)o1. The Hall–Kier alpha value is -0.370. The van der Waals surface area contributed by atoms with E-state index in [-0.39, 0.29) is 9.56 Å². The summed E-state index contributed by atoms with van der Waals surface area (Å²) in [7, 11) is -1.71. The van der Waals surface area contributed by atoms with E-state index in [4.69, 9.17) is 4.42 Å². The molecule has 1 aromatic rings. The number of hydrogen-bond acceptors (Lipinski definition) is 4. The van der Waals surface area contributed by atoms with Gasteiger partial charge >= 0.3 is 0 Å². The number of sulfonamides is 1. The molecule has 2 rings (SSSR count). The zero-order chi connectivity index (χ0) is 13.9. The van der Waals surface area contributed by atoms with Crippen LogP contribution in [0.15, 0.2) is 20.0 Å². The molecule has 0 atom stereocenters. The number of hydrogen-bond donors (Lipinski definition) is 2. The summed E-state index contributed by atoms with van der Waals surface area (Å²) < 4.78 is 32.7. The van der Waals surface area contributed by atoms with Crippen molar-refractivity contribution in [2.75, 3.05) is 13.6 Å². The van der Waals surface area contributed by atoms with Crippen LogP contribution in [0.4, 0.5) is 0 Å². The van der Waals surface area contributed by atoms with Crippen LogP contribution in [0.2, 0.25) is 0 Å². The lowest BCUT2D eigenvalue weighted by Crippen LogP contribution is -2.28. The maximum absolute atomic E-state index is 12.2. The van der Waals surface area contributed by atoms with Gasteiger partial charge in [-0.25, -0.2) is 13.1 Å². The molecule has 5 nitrogen and oxygen atoms in total. The van der Waals surface area contributed by atoms with Gasteiger partial charge in [-0.2, -0.15) is 0 Å². The van der Waals surface area contributed by atoms with Gasteiger partial charge in [0.2, 0.25) is 10.0 Å². The Labute approximate surface area is 122 Å². The van der Waals surface area contributed by atoms with Crippen LogP contribution in [0.3, 0.4) is 0 Å². The van der Waals surface area contributed by atoms with E-state index in [1.807, 2.05) is 0 Å². The predicted octanol–water partition coefficient (Wildman–Crippen LogP) is 2.23. The third kappa shape index (κ3) is 3.81. The van der Waals surface area contributed by atoms with Crippen molar-refractivity contribution in [3.8, 4) is 0 Å². The first-order chi connectivity index (χ1) is 9.03. The molecule has 0 amide bonds. The number of rotatable bonds is 6. The highest BCUT2D eigenvalue weighted by molar-refractivity contribution is 9.10. The first kappa shape index (κ1) is 15.0. The topological polar surface area (TPSA) is 71.3 Å². The number of nitrogens with one attached hydrogen (secondary N) is 2. The van der Waals surface area contributed by atoms with Gasteiger partial charge in [0.05, 0.1) is 6.54 Å². The molecule has 1 aromatic heterocycles. The van der Waals surface area contributed by atoms with Crippen LogP contribution in [0.1, 0.15) is 31.4 Å². The summed E-state index contributed by atoms with van der Waals surface area (Å²) in [5.41, 5.74) is 0. The Balaban J connectivity index is 2.05. The zero-order valence-electron chi connectivity index (χ0n) is 10.9. The second-order valence-electron chi connectivity index (χ2n) is 4.88. The van der Waals surface area contributed by atoms with Crippen molar-refractivity contribution in [2.45, 2.75) is 37.1 Å². The van der Waals surface area contributed by atoms with E-state index in [9.17, 15) is 8.42 Å². The molecule has 1 aliphatic rings. The smallest absolute Gasteiger partial charge is 0.244 e. The van der Waals surface area contributed by atoms with Gasteiger partial charge in [-0.1, -0.05) is 12.8 Å². The first-order valence-corrected chi connectivity index (χ1v) is 8.73. The monoisotopic (exact) mass is 350 g/mol. The normalized spacial score (nSPS) is 17.2. The molecule has 19 heavy (non-hydrogen) atoms. The molecule has 1 heterocycles. The van der Waals surface area contributed by atoms with E-state index >= 15 is 0 Å². The largest absolute Gasteiger partial charge is 0.452 e. The van der Waals surface area contributed by atoms with Crippen molar-refractivity contribution in [3.05, 3.63) is 16.5 Å². The van der Waals surface area contributed by atoms with Gasteiger partial charge in [0.15, 0.2) is 4.67 Å².